The van der Waals surface area contributed by atoms with Gasteiger partial charge in [-0.3, -0.25) is 9.51 Å². The van der Waals surface area contributed by atoms with E-state index in [2.05, 4.69) is 32.3 Å². The van der Waals surface area contributed by atoms with E-state index in [0.717, 1.165) is 25.0 Å². The maximum atomic E-state index is 13.3. The Morgan fingerprint density at radius 2 is 1.93 bits per heavy atom. The summed E-state index contributed by atoms with van der Waals surface area (Å²) in [7, 11) is 0. The SMILES string of the molecule is C[C@@H](Nc1nc(-c2noc(=O)[nH]2)nc2nc(N3CCOCC3(C)C)n(Cc3ccc(C(F)(F)F)cc3)c12)C1CCC1. The normalized spacial score (nSPS) is 18.4. The predicted octanol–water partition coefficient (Wildman–Crippen LogP) is 4.45. The molecule has 14 heteroatoms. The van der Waals surface area contributed by atoms with E-state index >= 15 is 0 Å². The van der Waals surface area contributed by atoms with Gasteiger partial charge in [-0.1, -0.05) is 23.7 Å². The highest BCUT2D eigenvalue weighted by Gasteiger charge is 2.36. The molecule has 4 aromatic rings. The molecule has 1 saturated heterocycles. The third-order valence-electron chi connectivity index (χ3n) is 7.96. The number of benzene rings is 1. The zero-order chi connectivity index (χ0) is 28.9. The Kier molecular flexibility index (Phi) is 6.75. The zero-order valence-electron chi connectivity index (χ0n) is 23.0. The van der Waals surface area contributed by atoms with Gasteiger partial charge in [0, 0.05) is 12.6 Å². The lowest BCUT2D eigenvalue weighted by molar-refractivity contribution is -0.137. The molecule has 6 rings (SSSR count). The van der Waals surface area contributed by atoms with Gasteiger partial charge in [0.2, 0.25) is 17.6 Å². The fourth-order valence-electron chi connectivity index (χ4n) is 5.40. The second kappa shape index (κ2) is 10.2. The lowest BCUT2D eigenvalue weighted by Gasteiger charge is -2.42. The number of rotatable bonds is 7. The number of imidazole rings is 1. The lowest BCUT2D eigenvalue weighted by atomic mass is 9.80. The molecule has 0 spiro atoms. The number of nitrogens with zero attached hydrogens (tertiary/aromatic N) is 6. The molecule has 218 valence electrons. The van der Waals surface area contributed by atoms with Crippen molar-refractivity contribution in [3.63, 3.8) is 0 Å². The van der Waals surface area contributed by atoms with Crippen LogP contribution < -0.4 is 16.0 Å². The summed E-state index contributed by atoms with van der Waals surface area (Å²) in [5.41, 5.74) is 0.483. The molecular formula is C27H31F3N8O3. The average Bonchev–Trinajstić information content (AvgIpc) is 3.46. The summed E-state index contributed by atoms with van der Waals surface area (Å²) in [6.07, 6.45) is -1.05. The fraction of sp³-hybridized carbons (Fsp3) is 0.519. The van der Waals surface area contributed by atoms with E-state index < -0.39 is 23.0 Å². The van der Waals surface area contributed by atoms with Gasteiger partial charge in [0.1, 0.15) is 5.52 Å². The fourth-order valence-corrected chi connectivity index (χ4v) is 5.40. The molecule has 2 aliphatic rings. The Labute approximate surface area is 233 Å². The van der Waals surface area contributed by atoms with Crippen LogP contribution in [-0.2, 0) is 17.5 Å². The second-order valence-electron chi connectivity index (χ2n) is 11.3. The monoisotopic (exact) mass is 572 g/mol. The van der Waals surface area contributed by atoms with Crippen LogP contribution in [0.1, 0.15) is 51.2 Å². The molecule has 1 saturated carbocycles. The molecular weight excluding hydrogens is 541 g/mol. The van der Waals surface area contributed by atoms with Gasteiger partial charge in [-0.25, -0.2) is 14.8 Å². The number of morpholine rings is 1. The third-order valence-corrected chi connectivity index (χ3v) is 7.96. The van der Waals surface area contributed by atoms with Crippen molar-refractivity contribution in [2.45, 2.75) is 64.3 Å². The van der Waals surface area contributed by atoms with Gasteiger partial charge in [-0.2, -0.15) is 18.2 Å². The first-order chi connectivity index (χ1) is 19.5. The summed E-state index contributed by atoms with van der Waals surface area (Å²) < 4.78 is 52.1. The van der Waals surface area contributed by atoms with E-state index in [9.17, 15) is 18.0 Å². The molecule has 0 bridgehead atoms. The van der Waals surface area contributed by atoms with Crippen LogP contribution in [-0.4, -0.2) is 61.0 Å². The number of anilines is 2. The maximum absolute atomic E-state index is 13.3. The Balaban J connectivity index is 1.53. The molecule has 2 N–H and O–H groups in total. The number of ether oxygens (including phenoxy) is 1. The minimum absolute atomic E-state index is 0.0711. The van der Waals surface area contributed by atoms with Crippen molar-refractivity contribution in [1.82, 2.24) is 29.7 Å². The number of hydrogen-bond acceptors (Lipinski definition) is 9. The summed E-state index contributed by atoms with van der Waals surface area (Å²) in [4.78, 5) is 30.6. The lowest BCUT2D eigenvalue weighted by Crippen LogP contribution is -2.54. The number of aromatic nitrogens is 6. The van der Waals surface area contributed by atoms with Crippen LogP contribution in [0.5, 0.6) is 0 Å². The Hall–Kier alpha value is -3.94. The average molecular weight is 573 g/mol. The van der Waals surface area contributed by atoms with Crippen LogP contribution >= 0.6 is 0 Å². The highest BCUT2D eigenvalue weighted by atomic mass is 19.4. The van der Waals surface area contributed by atoms with Crippen molar-refractivity contribution in [3.8, 4) is 11.6 Å². The first kappa shape index (κ1) is 27.2. The molecule has 4 heterocycles. The van der Waals surface area contributed by atoms with Gasteiger partial charge in [0.25, 0.3) is 0 Å². The Morgan fingerprint density at radius 1 is 1.17 bits per heavy atom. The van der Waals surface area contributed by atoms with Crippen molar-refractivity contribution in [2.75, 3.05) is 30.0 Å². The highest BCUT2D eigenvalue weighted by Crippen LogP contribution is 2.36. The second-order valence-corrected chi connectivity index (χ2v) is 11.3. The van der Waals surface area contributed by atoms with E-state index in [4.69, 9.17) is 19.2 Å². The first-order valence-electron chi connectivity index (χ1n) is 13.6. The van der Waals surface area contributed by atoms with E-state index in [1.165, 1.54) is 18.6 Å². The minimum atomic E-state index is -4.43. The zero-order valence-corrected chi connectivity index (χ0v) is 23.0. The van der Waals surface area contributed by atoms with Crippen LogP contribution in [0.3, 0.4) is 0 Å². The Morgan fingerprint density at radius 3 is 2.54 bits per heavy atom. The largest absolute Gasteiger partial charge is 0.439 e. The van der Waals surface area contributed by atoms with E-state index in [1.54, 1.807) is 0 Å². The summed E-state index contributed by atoms with van der Waals surface area (Å²) >= 11 is 0. The number of H-pyrrole nitrogens is 1. The van der Waals surface area contributed by atoms with Gasteiger partial charge in [-0.15, -0.1) is 0 Å². The van der Waals surface area contributed by atoms with Crippen molar-refractivity contribution in [1.29, 1.82) is 0 Å². The number of alkyl halides is 3. The van der Waals surface area contributed by atoms with Gasteiger partial charge >= 0.3 is 11.9 Å². The number of halogens is 3. The molecule has 0 amide bonds. The summed E-state index contributed by atoms with van der Waals surface area (Å²) in [6, 6.07) is 5.20. The molecule has 0 unspecified atom stereocenters. The molecule has 1 atom stereocenters. The standard InChI is InChI=1S/C27H31F3N8O3/c1-15(17-5-4-6-17)31-20-19-21(33-22(32-20)23-35-25(39)41-36-23)34-24(38-11-12-40-14-26(38,2)3)37(19)13-16-7-9-18(10-8-16)27(28,29)30/h7-10,15,17H,4-6,11-14H2,1-3H3,(H,31,32,33)(H,35,36,39)/t15-/m1/s1. The smallest absolute Gasteiger partial charge is 0.377 e. The van der Waals surface area contributed by atoms with E-state index in [-0.39, 0.29) is 24.2 Å². The Bertz CT molecular complexity index is 1600. The minimum Gasteiger partial charge on any atom is -0.377 e. The van der Waals surface area contributed by atoms with Crippen LogP contribution in [0, 0.1) is 5.92 Å². The van der Waals surface area contributed by atoms with Crippen molar-refractivity contribution < 1.29 is 22.4 Å². The van der Waals surface area contributed by atoms with Crippen molar-refractivity contribution >= 4 is 22.9 Å². The van der Waals surface area contributed by atoms with E-state index in [0.29, 0.717) is 54.2 Å². The third kappa shape index (κ3) is 5.27. The number of hydrogen-bond donors (Lipinski definition) is 2. The van der Waals surface area contributed by atoms with Crippen LogP contribution in [0.2, 0.25) is 0 Å². The quantitative estimate of drug-likeness (QED) is 0.330. The van der Waals surface area contributed by atoms with Crippen LogP contribution in [0.4, 0.5) is 24.9 Å². The van der Waals surface area contributed by atoms with Crippen molar-refractivity contribution in [3.05, 3.63) is 45.9 Å². The van der Waals surface area contributed by atoms with Gasteiger partial charge in [0.05, 0.1) is 30.9 Å². The van der Waals surface area contributed by atoms with Gasteiger partial charge in [0.15, 0.2) is 11.5 Å². The van der Waals surface area contributed by atoms with Crippen LogP contribution in [0.15, 0.2) is 33.6 Å². The molecule has 1 aromatic carbocycles. The molecule has 3 aromatic heterocycles. The molecule has 11 nitrogen and oxygen atoms in total. The number of nitrogens with one attached hydrogen (secondary N) is 2. The number of aromatic amines is 1. The summed E-state index contributed by atoms with van der Waals surface area (Å²) in [6.45, 7) is 7.93. The highest BCUT2D eigenvalue weighted by molar-refractivity contribution is 5.87. The molecule has 2 fully saturated rings. The molecule has 1 aliphatic carbocycles. The van der Waals surface area contributed by atoms with E-state index in [1.807, 2.05) is 18.4 Å². The maximum Gasteiger partial charge on any atom is 0.439 e. The van der Waals surface area contributed by atoms with Crippen molar-refractivity contribution in [2.24, 2.45) is 5.92 Å². The first-order valence-corrected chi connectivity index (χ1v) is 13.6. The molecule has 1 aliphatic heterocycles. The summed E-state index contributed by atoms with van der Waals surface area (Å²) in [5, 5.41) is 7.31. The number of fused-ring (bicyclic) bond motifs is 1. The topological polar surface area (TPSA) is 127 Å². The predicted molar refractivity (Wildman–Crippen MR) is 145 cm³/mol. The summed E-state index contributed by atoms with van der Waals surface area (Å²) in [5.74, 6) is 1.03. The molecule has 0 radical (unpaired) electrons. The van der Waals surface area contributed by atoms with Gasteiger partial charge in [-0.05, 0) is 57.2 Å². The molecule has 41 heavy (non-hydrogen) atoms. The van der Waals surface area contributed by atoms with Crippen LogP contribution in [0.25, 0.3) is 22.8 Å². The van der Waals surface area contributed by atoms with Gasteiger partial charge < -0.3 is 19.5 Å².